The van der Waals surface area contributed by atoms with E-state index in [1.54, 1.807) is 7.05 Å². The number of rotatable bonds is 7. The monoisotopic (exact) mass is 488 g/mol. The van der Waals surface area contributed by atoms with E-state index in [1.807, 2.05) is 61.5 Å². The Labute approximate surface area is 207 Å². The standard InChI is InChI=1S/C26H28N6O4/c1-17-10-12-19(13-11-17)29(2)24(34)20(14-18-8-6-5-7-9-18)28-21(33)15-32-16-27-23-22(32)25(35)31(4)26(36)30(23)3/h5-13,16,20H,14-15H2,1-4H3,(H,28,33)/t20-/m0/s1. The van der Waals surface area contributed by atoms with Gasteiger partial charge in [0, 0.05) is 33.3 Å². The Bertz CT molecular complexity index is 1530. The number of anilines is 1. The number of aromatic nitrogens is 4. The van der Waals surface area contributed by atoms with E-state index in [2.05, 4.69) is 10.3 Å². The van der Waals surface area contributed by atoms with Gasteiger partial charge >= 0.3 is 5.69 Å². The molecule has 0 saturated heterocycles. The zero-order valence-electron chi connectivity index (χ0n) is 20.6. The third-order valence-electron chi connectivity index (χ3n) is 6.20. The number of benzene rings is 2. The molecule has 0 bridgehead atoms. The lowest BCUT2D eigenvalue weighted by Gasteiger charge is -2.25. The third-order valence-corrected chi connectivity index (χ3v) is 6.20. The van der Waals surface area contributed by atoms with Crippen molar-refractivity contribution < 1.29 is 9.59 Å². The summed E-state index contributed by atoms with van der Waals surface area (Å²) in [6.45, 7) is 1.73. The lowest BCUT2D eigenvalue weighted by molar-refractivity contribution is -0.127. The number of hydrogen-bond donors (Lipinski definition) is 1. The van der Waals surface area contributed by atoms with Crippen molar-refractivity contribution in [2.45, 2.75) is 25.9 Å². The minimum absolute atomic E-state index is 0.137. The molecule has 186 valence electrons. The molecule has 2 aromatic carbocycles. The molecule has 0 unspecified atom stereocenters. The molecular weight excluding hydrogens is 460 g/mol. The summed E-state index contributed by atoms with van der Waals surface area (Å²) >= 11 is 0. The van der Waals surface area contributed by atoms with Crippen LogP contribution in [0, 0.1) is 6.92 Å². The van der Waals surface area contributed by atoms with Crippen LogP contribution in [0.1, 0.15) is 11.1 Å². The molecule has 0 fully saturated rings. The summed E-state index contributed by atoms with van der Waals surface area (Å²) in [4.78, 5) is 57.1. The van der Waals surface area contributed by atoms with Crippen molar-refractivity contribution in [1.29, 1.82) is 0 Å². The van der Waals surface area contributed by atoms with Gasteiger partial charge in [-0.2, -0.15) is 0 Å². The van der Waals surface area contributed by atoms with Crippen LogP contribution in [0.2, 0.25) is 0 Å². The van der Waals surface area contributed by atoms with Gasteiger partial charge in [0.15, 0.2) is 11.2 Å². The van der Waals surface area contributed by atoms with Gasteiger partial charge < -0.3 is 14.8 Å². The topological polar surface area (TPSA) is 111 Å². The summed E-state index contributed by atoms with van der Waals surface area (Å²) in [7, 11) is 4.55. The smallest absolute Gasteiger partial charge is 0.332 e. The van der Waals surface area contributed by atoms with Crippen molar-refractivity contribution in [2.24, 2.45) is 14.1 Å². The molecular formula is C26H28N6O4. The molecule has 10 nitrogen and oxygen atoms in total. The zero-order chi connectivity index (χ0) is 26.0. The minimum atomic E-state index is -0.840. The van der Waals surface area contributed by atoms with E-state index >= 15 is 0 Å². The molecule has 1 N–H and O–H groups in total. The van der Waals surface area contributed by atoms with Crippen LogP contribution < -0.4 is 21.5 Å². The van der Waals surface area contributed by atoms with E-state index in [1.165, 1.54) is 34.5 Å². The first-order valence-electron chi connectivity index (χ1n) is 11.5. The highest BCUT2D eigenvalue weighted by Gasteiger charge is 2.26. The number of amides is 2. The SMILES string of the molecule is Cc1ccc(N(C)C(=O)[C@H](Cc2ccccc2)NC(=O)Cn2cnc3c2c(=O)n(C)c(=O)n3C)cc1. The molecule has 1 atom stereocenters. The van der Waals surface area contributed by atoms with Crippen molar-refractivity contribution in [3.05, 3.63) is 92.9 Å². The van der Waals surface area contributed by atoms with Gasteiger partial charge in [0.05, 0.1) is 6.33 Å². The summed E-state index contributed by atoms with van der Waals surface area (Å²) in [6.07, 6.45) is 1.64. The molecule has 2 aromatic heterocycles. The molecule has 4 rings (SSSR count). The molecule has 4 aromatic rings. The van der Waals surface area contributed by atoms with Crippen LogP contribution in [0.15, 0.2) is 70.5 Å². The summed E-state index contributed by atoms with van der Waals surface area (Å²) in [5, 5.41) is 2.83. The number of hydrogen-bond acceptors (Lipinski definition) is 5. The van der Waals surface area contributed by atoms with Crippen LogP contribution in [-0.4, -0.2) is 43.6 Å². The summed E-state index contributed by atoms with van der Waals surface area (Å²) < 4.78 is 3.61. The molecule has 2 heterocycles. The fraction of sp³-hybridized carbons (Fsp3) is 0.269. The molecule has 2 amide bonds. The molecule has 0 aliphatic heterocycles. The van der Waals surface area contributed by atoms with Gasteiger partial charge in [-0.25, -0.2) is 9.78 Å². The van der Waals surface area contributed by atoms with Gasteiger partial charge in [-0.05, 0) is 24.6 Å². The van der Waals surface area contributed by atoms with Crippen LogP contribution in [0.25, 0.3) is 11.2 Å². The fourth-order valence-corrected chi connectivity index (χ4v) is 4.09. The minimum Gasteiger partial charge on any atom is -0.342 e. The van der Waals surface area contributed by atoms with Crippen molar-refractivity contribution in [3.8, 4) is 0 Å². The van der Waals surface area contributed by atoms with Crippen molar-refractivity contribution in [1.82, 2.24) is 24.0 Å². The van der Waals surface area contributed by atoms with E-state index in [4.69, 9.17) is 0 Å². The first-order chi connectivity index (χ1) is 17.2. The van der Waals surface area contributed by atoms with E-state index in [0.29, 0.717) is 12.1 Å². The van der Waals surface area contributed by atoms with Crippen LogP contribution in [0.5, 0.6) is 0 Å². The number of fused-ring (bicyclic) bond motifs is 1. The molecule has 0 aliphatic carbocycles. The average Bonchev–Trinajstić information content (AvgIpc) is 3.29. The number of carbonyl (C=O) groups is 2. The number of carbonyl (C=O) groups excluding carboxylic acids is 2. The average molecular weight is 489 g/mol. The van der Waals surface area contributed by atoms with Crippen molar-refractivity contribution in [2.75, 3.05) is 11.9 Å². The Kier molecular flexibility index (Phi) is 6.86. The molecule has 0 spiro atoms. The molecule has 0 saturated carbocycles. The van der Waals surface area contributed by atoms with Crippen LogP contribution in [-0.2, 0) is 36.6 Å². The maximum atomic E-state index is 13.5. The maximum absolute atomic E-state index is 13.5. The third kappa shape index (κ3) is 4.83. The predicted molar refractivity (Wildman–Crippen MR) is 137 cm³/mol. The van der Waals surface area contributed by atoms with Gasteiger partial charge in [-0.3, -0.25) is 23.5 Å². The van der Waals surface area contributed by atoms with Gasteiger partial charge in [0.1, 0.15) is 12.6 Å². The molecule has 36 heavy (non-hydrogen) atoms. The molecule has 10 heteroatoms. The predicted octanol–water partition coefficient (Wildman–Crippen LogP) is 1.13. The number of aryl methyl sites for hydroxylation is 2. The number of nitrogens with zero attached hydrogens (tertiary/aromatic N) is 5. The largest absolute Gasteiger partial charge is 0.342 e. The fourth-order valence-electron chi connectivity index (χ4n) is 4.09. The van der Waals surface area contributed by atoms with E-state index in [-0.39, 0.29) is 23.6 Å². The highest BCUT2D eigenvalue weighted by atomic mass is 16.2. The second-order valence-electron chi connectivity index (χ2n) is 8.79. The molecule has 0 aliphatic rings. The zero-order valence-corrected chi connectivity index (χ0v) is 20.6. The highest BCUT2D eigenvalue weighted by molar-refractivity contribution is 5.99. The highest BCUT2D eigenvalue weighted by Crippen LogP contribution is 2.16. The summed E-state index contributed by atoms with van der Waals surface area (Å²) in [5.41, 5.74) is 1.95. The number of likely N-dealkylation sites (N-methyl/N-ethyl adjacent to an activating group) is 1. The Hall–Kier alpha value is -4.47. The van der Waals surface area contributed by atoms with Crippen LogP contribution in [0.4, 0.5) is 5.69 Å². The van der Waals surface area contributed by atoms with Crippen LogP contribution >= 0.6 is 0 Å². The van der Waals surface area contributed by atoms with E-state index in [0.717, 1.165) is 15.7 Å². The van der Waals surface area contributed by atoms with Crippen molar-refractivity contribution in [3.63, 3.8) is 0 Å². The van der Waals surface area contributed by atoms with Gasteiger partial charge in [-0.1, -0.05) is 48.0 Å². The first kappa shape index (κ1) is 24.6. The Morgan fingerprint density at radius 3 is 2.33 bits per heavy atom. The summed E-state index contributed by atoms with van der Waals surface area (Å²) in [6, 6.07) is 16.1. The van der Waals surface area contributed by atoms with Gasteiger partial charge in [0.2, 0.25) is 11.8 Å². The van der Waals surface area contributed by atoms with E-state index < -0.39 is 23.2 Å². The van der Waals surface area contributed by atoms with Crippen molar-refractivity contribution >= 4 is 28.7 Å². The maximum Gasteiger partial charge on any atom is 0.332 e. The Balaban J connectivity index is 1.61. The van der Waals surface area contributed by atoms with Gasteiger partial charge in [-0.15, -0.1) is 0 Å². The second-order valence-corrected chi connectivity index (χ2v) is 8.79. The number of nitrogens with one attached hydrogen (secondary N) is 1. The lowest BCUT2D eigenvalue weighted by atomic mass is 10.0. The van der Waals surface area contributed by atoms with E-state index in [9.17, 15) is 19.2 Å². The normalized spacial score (nSPS) is 11.9. The Morgan fingerprint density at radius 2 is 1.67 bits per heavy atom. The first-order valence-corrected chi connectivity index (χ1v) is 11.5. The second kappa shape index (κ2) is 10.0. The molecule has 0 radical (unpaired) electrons. The van der Waals surface area contributed by atoms with Crippen LogP contribution in [0.3, 0.4) is 0 Å². The number of imidazole rings is 1. The Morgan fingerprint density at radius 1 is 1.00 bits per heavy atom. The summed E-state index contributed by atoms with van der Waals surface area (Å²) in [5.74, 6) is -0.735. The lowest BCUT2D eigenvalue weighted by Crippen LogP contribution is -2.49. The quantitative estimate of drug-likeness (QED) is 0.419. The van der Waals surface area contributed by atoms with Gasteiger partial charge in [0.25, 0.3) is 5.56 Å².